The van der Waals surface area contributed by atoms with Crippen LogP contribution in [0.5, 0.6) is 0 Å². The first-order valence-corrected chi connectivity index (χ1v) is 7.42. The van der Waals surface area contributed by atoms with Crippen molar-refractivity contribution in [3.63, 3.8) is 0 Å². The first-order chi connectivity index (χ1) is 8.10. The van der Waals surface area contributed by atoms with E-state index < -0.39 is 0 Å². The number of anilines is 2. The van der Waals surface area contributed by atoms with Crippen LogP contribution in [0.1, 0.15) is 22.5 Å². The largest absolute Gasteiger partial charge is 0.382 e. The van der Waals surface area contributed by atoms with Crippen LogP contribution in [0.25, 0.3) is 0 Å². The molecule has 2 rings (SSSR count). The zero-order chi connectivity index (χ0) is 12.5. The average Bonchev–Trinajstić information content (AvgIpc) is 3.03. The quantitative estimate of drug-likeness (QED) is 0.755. The van der Waals surface area contributed by atoms with Crippen molar-refractivity contribution in [1.29, 1.82) is 0 Å². The summed E-state index contributed by atoms with van der Waals surface area (Å²) >= 11 is 3.10. The number of carbonyl (C=O) groups is 1. The van der Waals surface area contributed by atoms with E-state index in [0.717, 1.165) is 0 Å². The monoisotopic (exact) mass is 272 g/mol. The summed E-state index contributed by atoms with van der Waals surface area (Å²) < 4.78 is 0.265. The van der Waals surface area contributed by atoms with Crippen LogP contribution in [0, 0.1) is 0 Å². The third kappa shape index (κ3) is 2.66. The minimum absolute atomic E-state index is 0.123. The molecule has 0 aliphatic heterocycles. The van der Waals surface area contributed by atoms with Crippen LogP contribution < -0.4 is 16.4 Å². The van der Waals surface area contributed by atoms with Crippen LogP contribution >= 0.6 is 23.1 Å². The molecule has 4 N–H and O–H groups in total. The van der Waals surface area contributed by atoms with Gasteiger partial charge in [-0.15, -0.1) is 0 Å². The van der Waals surface area contributed by atoms with E-state index >= 15 is 0 Å². The molecule has 1 aliphatic carbocycles. The fraction of sp³-hybridized carbons (Fsp3) is 0.600. The topological polar surface area (TPSA) is 80.0 Å². The van der Waals surface area contributed by atoms with E-state index in [2.05, 4.69) is 21.9 Å². The number of thioether (sulfide) groups is 1. The SMILES string of the molecule is CNc1nc(N)c(C(=O)NCC2(SC)CC2)s1. The third-order valence-electron chi connectivity index (χ3n) is 2.89. The predicted molar refractivity (Wildman–Crippen MR) is 73.9 cm³/mol. The second-order valence-electron chi connectivity index (χ2n) is 4.05. The third-order valence-corrected chi connectivity index (χ3v) is 5.39. The first-order valence-electron chi connectivity index (χ1n) is 5.37. The van der Waals surface area contributed by atoms with E-state index in [0.29, 0.717) is 22.4 Å². The van der Waals surface area contributed by atoms with E-state index in [9.17, 15) is 4.79 Å². The molecule has 1 aliphatic rings. The number of nitrogens with two attached hydrogens (primary N) is 1. The van der Waals surface area contributed by atoms with E-state index in [-0.39, 0.29) is 10.7 Å². The van der Waals surface area contributed by atoms with Crippen LogP contribution in [0.15, 0.2) is 0 Å². The first kappa shape index (κ1) is 12.5. The summed E-state index contributed by atoms with van der Waals surface area (Å²) in [6, 6.07) is 0. The van der Waals surface area contributed by atoms with Gasteiger partial charge in [0, 0.05) is 18.3 Å². The summed E-state index contributed by atoms with van der Waals surface area (Å²) in [7, 11) is 1.76. The lowest BCUT2D eigenvalue weighted by Crippen LogP contribution is -2.31. The number of nitrogen functional groups attached to an aromatic ring is 1. The molecule has 0 saturated heterocycles. The van der Waals surface area contributed by atoms with Gasteiger partial charge in [-0.1, -0.05) is 11.3 Å². The lowest BCUT2D eigenvalue weighted by atomic mass is 10.4. The van der Waals surface area contributed by atoms with Crippen molar-refractivity contribution in [2.24, 2.45) is 0 Å². The number of aromatic nitrogens is 1. The maximum absolute atomic E-state index is 11.9. The Hall–Kier alpha value is -0.950. The lowest BCUT2D eigenvalue weighted by molar-refractivity contribution is 0.0957. The van der Waals surface area contributed by atoms with Gasteiger partial charge in [-0.3, -0.25) is 4.79 Å². The molecule has 1 heterocycles. The van der Waals surface area contributed by atoms with Crippen molar-refractivity contribution in [3.8, 4) is 0 Å². The van der Waals surface area contributed by atoms with Gasteiger partial charge in [-0.2, -0.15) is 11.8 Å². The molecule has 1 aromatic heterocycles. The van der Waals surface area contributed by atoms with Gasteiger partial charge >= 0.3 is 0 Å². The molecular formula is C10H16N4OS2. The van der Waals surface area contributed by atoms with Gasteiger partial charge in [-0.25, -0.2) is 4.98 Å². The van der Waals surface area contributed by atoms with Crippen LogP contribution in [0.3, 0.4) is 0 Å². The summed E-state index contributed by atoms with van der Waals surface area (Å²) in [6.45, 7) is 0.708. The molecule has 5 nitrogen and oxygen atoms in total. The summed E-state index contributed by atoms with van der Waals surface area (Å²) in [5.74, 6) is 0.174. The Morgan fingerprint density at radius 2 is 2.35 bits per heavy atom. The number of hydrogen-bond donors (Lipinski definition) is 3. The molecule has 0 spiro atoms. The minimum Gasteiger partial charge on any atom is -0.382 e. The van der Waals surface area contributed by atoms with Crippen molar-refractivity contribution >= 4 is 40.0 Å². The molecule has 94 valence electrons. The summed E-state index contributed by atoms with van der Waals surface area (Å²) in [6.07, 6.45) is 4.43. The number of hydrogen-bond acceptors (Lipinski definition) is 6. The Morgan fingerprint density at radius 3 is 2.82 bits per heavy atom. The molecular weight excluding hydrogens is 256 g/mol. The van der Waals surface area contributed by atoms with Crippen LogP contribution in [-0.4, -0.2) is 35.5 Å². The van der Waals surface area contributed by atoms with E-state index in [1.165, 1.54) is 24.2 Å². The van der Waals surface area contributed by atoms with Gasteiger partial charge in [0.05, 0.1) is 0 Å². The predicted octanol–water partition coefficient (Wildman–Crippen LogP) is 1.39. The molecule has 7 heteroatoms. The molecule has 1 amide bonds. The summed E-state index contributed by atoms with van der Waals surface area (Å²) in [5, 5.41) is 6.48. The second-order valence-corrected chi connectivity index (χ2v) is 6.33. The molecule has 17 heavy (non-hydrogen) atoms. The van der Waals surface area contributed by atoms with Crippen LogP contribution in [0.2, 0.25) is 0 Å². The van der Waals surface area contributed by atoms with Gasteiger partial charge in [0.25, 0.3) is 5.91 Å². The highest BCUT2D eigenvalue weighted by Crippen LogP contribution is 2.46. The Kier molecular flexibility index (Phi) is 3.48. The van der Waals surface area contributed by atoms with Crippen molar-refractivity contribution in [1.82, 2.24) is 10.3 Å². The number of carbonyl (C=O) groups excluding carboxylic acids is 1. The van der Waals surface area contributed by atoms with Crippen molar-refractivity contribution in [3.05, 3.63) is 4.88 Å². The zero-order valence-corrected chi connectivity index (χ0v) is 11.5. The molecule has 0 bridgehead atoms. The lowest BCUT2D eigenvalue weighted by Gasteiger charge is -2.12. The Labute approximate surface area is 109 Å². The molecule has 1 saturated carbocycles. The normalized spacial score (nSPS) is 16.6. The number of nitrogens with one attached hydrogen (secondary N) is 2. The highest BCUT2D eigenvalue weighted by Gasteiger charge is 2.42. The van der Waals surface area contributed by atoms with Gasteiger partial charge in [0.15, 0.2) is 5.13 Å². The maximum Gasteiger partial charge on any atom is 0.265 e. The highest BCUT2D eigenvalue weighted by atomic mass is 32.2. The van der Waals surface area contributed by atoms with Crippen molar-refractivity contribution in [2.75, 3.05) is 30.9 Å². The molecule has 0 radical (unpaired) electrons. The smallest absolute Gasteiger partial charge is 0.265 e. The number of rotatable bonds is 5. The van der Waals surface area contributed by atoms with E-state index in [1.807, 2.05) is 11.8 Å². The van der Waals surface area contributed by atoms with Crippen molar-refractivity contribution < 1.29 is 4.79 Å². The Morgan fingerprint density at radius 1 is 1.65 bits per heavy atom. The standard InChI is InChI=1S/C10H16N4OS2/c1-12-9-14-7(11)6(17-9)8(15)13-5-10(16-2)3-4-10/h3-5,11H2,1-2H3,(H,12,14)(H,13,15). The van der Waals surface area contributed by atoms with Gasteiger partial charge in [0.2, 0.25) is 0 Å². The molecule has 1 aromatic rings. The zero-order valence-electron chi connectivity index (χ0n) is 9.87. The van der Waals surface area contributed by atoms with Gasteiger partial charge in [-0.05, 0) is 19.1 Å². The van der Waals surface area contributed by atoms with Gasteiger partial charge in [0.1, 0.15) is 10.7 Å². The Balaban J connectivity index is 1.97. The van der Waals surface area contributed by atoms with Crippen LogP contribution in [-0.2, 0) is 0 Å². The number of nitrogens with zero attached hydrogens (tertiary/aromatic N) is 1. The van der Waals surface area contributed by atoms with E-state index in [4.69, 9.17) is 5.73 Å². The van der Waals surface area contributed by atoms with Crippen molar-refractivity contribution in [2.45, 2.75) is 17.6 Å². The number of amides is 1. The molecule has 1 fully saturated rings. The fourth-order valence-corrected chi connectivity index (χ4v) is 3.00. The summed E-state index contributed by atoms with van der Waals surface area (Å²) in [4.78, 5) is 16.5. The van der Waals surface area contributed by atoms with E-state index in [1.54, 1.807) is 7.05 Å². The minimum atomic E-state index is -0.123. The molecule has 0 aromatic carbocycles. The van der Waals surface area contributed by atoms with Gasteiger partial charge < -0.3 is 16.4 Å². The molecule has 0 atom stereocenters. The second kappa shape index (κ2) is 4.73. The average molecular weight is 272 g/mol. The maximum atomic E-state index is 11.9. The highest BCUT2D eigenvalue weighted by molar-refractivity contribution is 8.00. The summed E-state index contributed by atoms with van der Waals surface area (Å²) in [5.41, 5.74) is 5.70. The van der Waals surface area contributed by atoms with Crippen LogP contribution in [0.4, 0.5) is 10.9 Å². The Bertz CT molecular complexity index is 428. The molecule has 0 unspecified atom stereocenters. The number of thiazole rings is 1. The fourth-order valence-electron chi connectivity index (χ4n) is 1.52.